The number of amides is 1. The van der Waals surface area contributed by atoms with Gasteiger partial charge in [-0.2, -0.15) is 18.3 Å². The first-order chi connectivity index (χ1) is 16.1. The van der Waals surface area contributed by atoms with Crippen molar-refractivity contribution in [2.24, 2.45) is 21.4 Å². The number of piperidine rings is 1. The van der Waals surface area contributed by atoms with E-state index in [4.69, 9.17) is 0 Å². The predicted octanol–water partition coefficient (Wildman–Crippen LogP) is 6.29. The van der Waals surface area contributed by atoms with Crippen molar-refractivity contribution in [1.82, 2.24) is 4.90 Å². The number of benzene rings is 2. The normalized spacial score (nSPS) is 27.2. The standard InChI is InChI=1S/C24H25BrF3N5O/c1-15-10-17(22(34)30-20-12-18(24(26,27)28)8-9-19(20)25)11-21(23(2)14-29-32-31-23)33(15)13-16-6-4-3-5-7-16/h3-9,12,14-15,17,21H,10-11,13H2,1-2H3,(H,30,34). The Morgan fingerprint density at radius 2 is 1.94 bits per heavy atom. The molecule has 4 rings (SSSR count). The quantitative estimate of drug-likeness (QED) is 0.489. The maximum atomic E-state index is 13.2. The van der Waals surface area contributed by atoms with Gasteiger partial charge in [-0.1, -0.05) is 30.3 Å². The van der Waals surface area contributed by atoms with E-state index in [0.717, 1.165) is 17.7 Å². The van der Waals surface area contributed by atoms with Crippen LogP contribution in [0, 0.1) is 5.92 Å². The molecule has 10 heteroatoms. The zero-order valence-corrected chi connectivity index (χ0v) is 20.3. The lowest BCUT2D eigenvalue weighted by molar-refractivity contribution is -0.137. The van der Waals surface area contributed by atoms with Crippen molar-refractivity contribution in [2.45, 2.75) is 57.0 Å². The zero-order chi connectivity index (χ0) is 24.5. The van der Waals surface area contributed by atoms with Crippen LogP contribution in [0.2, 0.25) is 0 Å². The number of carbonyl (C=O) groups is 1. The van der Waals surface area contributed by atoms with Gasteiger partial charge in [-0.05, 0) is 71.6 Å². The van der Waals surface area contributed by atoms with Gasteiger partial charge in [0.25, 0.3) is 0 Å². The minimum absolute atomic E-state index is 0.0284. The summed E-state index contributed by atoms with van der Waals surface area (Å²) in [4.78, 5) is 15.6. The van der Waals surface area contributed by atoms with E-state index in [-0.39, 0.29) is 23.7 Å². The highest BCUT2D eigenvalue weighted by Gasteiger charge is 2.46. The Labute approximate surface area is 204 Å². The van der Waals surface area contributed by atoms with Crippen LogP contribution in [0.25, 0.3) is 0 Å². The summed E-state index contributed by atoms with van der Waals surface area (Å²) in [6.45, 7) is 4.67. The summed E-state index contributed by atoms with van der Waals surface area (Å²) in [5.41, 5.74) is -0.265. The molecule has 2 aromatic rings. The first-order valence-electron chi connectivity index (χ1n) is 11.0. The highest BCUT2D eigenvalue weighted by molar-refractivity contribution is 9.10. The van der Waals surface area contributed by atoms with Crippen molar-refractivity contribution >= 4 is 33.7 Å². The van der Waals surface area contributed by atoms with Crippen molar-refractivity contribution in [1.29, 1.82) is 0 Å². The molecule has 34 heavy (non-hydrogen) atoms. The lowest BCUT2D eigenvalue weighted by Crippen LogP contribution is -2.58. The first kappa shape index (κ1) is 24.5. The smallest absolute Gasteiger partial charge is 0.325 e. The second-order valence-electron chi connectivity index (χ2n) is 9.03. The SMILES string of the molecule is CC1CC(C(=O)Nc2cc(C(F)(F)F)ccc2Br)CC(C2(C)C=NN=N2)N1Cc1ccccc1. The number of likely N-dealkylation sites (tertiary alicyclic amines) is 1. The molecule has 0 aromatic heterocycles. The van der Waals surface area contributed by atoms with Crippen LogP contribution in [0.4, 0.5) is 18.9 Å². The van der Waals surface area contributed by atoms with E-state index >= 15 is 0 Å². The van der Waals surface area contributed by atoms with Gasteiger partial charge >= 0.3 is 6.18 Å². The summed E-state index contributed by atoms with van der Waals surface area (Å²) >= 11 is 3.25. The Kier molecular flexibility index (Phi) is 6.91. The van der Waals surface area contributed by atoms with Gasteiger partial charge in [0.2, 0.25) is 5.91 Å². The molecular weight excluding hydrogens is 511 g/mol. The lowest BCUT2D eigenvalue weighted by atomic mass is 9.78. The maximum absolute atomic E-state index is 13.2. The molecule has 1 fully saturated rings. The van der Waals surface area contributed by atoms with Gasteiger partial charge in [0.1, 0.15) is 5.54 Å². The highest BCUT2D eigenvalue weighted by Crippen LogP contribution is 2.39. The van der Waals surface area contributed by atoms with Gasteiger partial charge in [-0.3, -0.25) is 9.69 Å². The molecule has 4 unspecified atom stereocenters. The summed E-state index contributed by atoms with van der Waals surface area (Å²) in [6, 6.07) is 13.1. The Hall–Kier alpha value is -2.59. The van der Waals surface area contributed by atoms with E-state index in [1.807, 2.05) is 25.1 Å². The first-order valence-corrected chi connectivity index (χ1v) is 11.8. The molecule has 0 spiro atoms. The van der Waals surface area contributed by atoms with Crippen molar-refractivity contribution in [2.75, 3.05) is 5.32 Å². The van der Waals surface area contributed by atoms with Crippen molar-refractivity contribution in [3.05, 3.63) is 64.1 Å². The number of nitrogens with zero attached hydrogens (tertiary/aromatic N) is 4. The Bertz CT molecular complexity index is 1090. The fraction of sp³-hybridized carbons (Fsp3) is 0.417. The average Bonchev–Trinajstić information content (AvgIpc) is 3.23. The molecule has 0 radical (unpaired) electrons. The van der Waals surface area contributed by atoms with E-state index in [1.54, 1.807) is 6.21 Å². The number of carbonyl (C=O) groups excluding carboxylic acids is 1. The van der Waals surface area contributed by atoms with E-state index in [2.05, 4.69) is 60.6 Å². The number of anilines is 1. The molecule has 1 amide bonds. The number of nitrogens with one attached hydrogen (secondary N) is 1. The second-order valence-corrected chi connectivity index (χ2v) is 9.89. The van der Waals surface area contributed by atoms with E-state index in [9.17, 15) is 18.0 Å². The number of alkyl halides is 3. The lowest BCUT2D eigenvalue weighted by Gasteiger charge is -2.47. The molecule has 4 atom stereocenters. The fourth-order valence-electron chi connectivity index (χ4n) is 4.68. The summed E-state index contributed by atoms with van der Waals surface area (Å²) < 4.78 is 39.9. The summed E-state index contributed by atoms with van der Waals surface area (Å²) in [5, 5.41) is 14.8. The number of rotatable bonds is 5. The van der Waals surface area contributed by atoms with Crippen LogP contribution < -0.4 is 5.32 Å². The minimum Gasteiger partial charge on any atom is -0.325 e. The second kappa shape index (κ2) is 9.58. The van der Waals surface area contributed by atoms with Gasteiger partial charge in [-0.15, -0.1) is 5.10 Å². The summed E-state index contributed by atoms with van der Waals surface area (Å²) in [7, 11) is 0. The molecule has 0 bridgehead atoms. The van der Waals surface area contributed by atoms with Gasteiger partial charge in [0, 0.05) is 29.0 Å². The van der Waals surface area contributed by atoms with Crippen LogP contribution in [0.15, 0.2) is 68.4 Å². The van der Waals surface area contributed by atoms with Crippen LogP contribution in [0.5, 0.6) is 0 Å². The number of hydrogen-bond donors (Lipinski definition) is 1. The molecule has 2 aliphatic heterocycles. The van der Waals surface area contributed by atoms with Gasteiger partial charge in [0.15, 0.2) is 0 Å². The predicted molar refractivity (Wildman–Crippen MR) is 127 cm³/mol. The molecule has 1 saturated heterocycles. The van der Waals surface area contributed by atoms with Crippen molar-refractivity contribution in [3.8, 4) is 0 Å². The van der Waals surface area contributed by atoms with Crippen LogP contribution in [-0.2, 0) is 17.5 Å². The third-order valence-corrected chi connectivity index (χ3v) is 7.23. The van der Waals surface area contributed by atoms with Crippen molar-refractivity contribution in [3.63, 3.8) is 0 Å². The largest absolute Gasteiger partial charge is 0.416 e. The molecule has 6 nitrogen and oxygen atoms in total. The molecule has 0 saturated carbocycles. The van der Waals surface area contributed by atoms with Crippen LogP contribution in [0.1, 0.15) is 37.8 Å². The number of hydrogen-bond acceptors (Lipinski definition) is 5. The third-order valence-electron chi connectivity index (χ3n) is 6.54. The van der Waals surface area contributed by atoms with Crippen LogP contribution in [-0.4, -0.2) is 34.6 Å². The minimum atomic E-state index is -4.50. The Morgan fingerprint density at radius 3 is 2.59 bits per heavy atom. The van der Waals surface area contributed by atoms with Crippen LogP contribution in [0.3, 0.4) is 0 Å². The molecule has 180 valence electrons. The van der Waals surface area contributed by atoms with Gasteiger partial charge in [0.05, 0.1) is 17.5 Å². The molecule has 1 N–H and O–H groups in total. The topological polar surface area (TPSA) is 69.4 Å². The molecule has 2 aromatic carbocycles. The summed E-state index contributed by atoms with van der Waals surface area (Å²) in [5.74, 6) is -0.721. The van der Waals surface area contributed by atoms with E-state index < -0.39 is 23.2 Å². The Morgan fingerprint density at radius 1 is 1.21 bits per heavy atom. The molecule has 2 heterocycles. The molecule has 0 aliphatic carbocycles. The summed E-state index contributed by atoms with van der Waals surface area (Å²) in [6.07, 6.45) is -1.76. The average molecular weight is 536 g/mol. The van der Waals surface area contributed by atoms with E-state index in [1.165, 1.54) is 6.07 Å². The highest BCUT2D eigenvalue weighted by atomic mass is 79.9. The fourth-order valence-corrected chi connectivity index (χ4v) is 5.03. The monoisotopic (exact) mass is 535 g/mol. The van der Waals surface area contributed by atoms with E-state index in [0.29, 0.717) is 23.9 Å². The van der Waals surface area contributed by atoms with Gasteiger partial charge < -0.3 is 5.32 Å². The maximum Gasteiger partial charge on any atom is 0.416 e. The Balaban J connectivity index is 1.57. The van der Waals surface area contributed by atoms with Gasteiger partial charge in [-0.25, -0.2) is 0 Å². The van der Waals surface area contributed by atoms with Crippen LogP contribution >= 0.6 is 15.9 Å². The number of halogens is 4. The zero-order valence-electron chi connectivity index (χ0n) is 18.8. The molecular formula is C24H25BrF3N5O. The third kappa shape index (κ3) is 5.22. The van der Waals surface area contributed by atoms with Crippen molar-refractivity contribution < 1.29 is 18.0 Å². The molecule has 2 aliphatic rings.